The van der Waals surface area contributed by atoms with Gasteiger partial charge in [-0.25, -0.2) is 4.39 Å². The summed E-state index contributed by atoms with van der Waals surface area (Å²) in [7, 11) is -0.417. The molecule has 3 aromatic rings. The second-order valence-corrected chi connectivity index (χ2v) is 36.3. The Hall–Kier alpha value is -3.69. The third-order valence-corrected chi connectivity index (χ3v) is 14.9. The second kappa shape index (κ2) is 60.3. The Balaban J connectivity index is -0.000000262. The highest BCUT2D eigenvalue weighted by atomic mass is 32.2. The molecule has 1 fully saturated rings. The fourth-order valence-corrected chi connectivity index (χ4v) is 10.6. The number of phenols is 2. The average molecular weight is 1480 g/mol. The van der Waals surface area contributed by atoms with Gasteiger partial charge in [0.2, 0.25) is 0 Å². The van der Waals surface area contributed by atoms with Crippen molar-refractivity contribution < 1.29 is 81.2 Å². The van der Waals surface area contributed by atoms with Crippen LogP contribution in [0.4, 0.5) is 8.78 Å². The van der Waals surface area contributed by atoms with Gasteiger partial charge in [0.15, 0.2) is 6.29 Å². The van der Waals surface area contributed by atoms with E-state index in [1.807, 2.05) is 68.4 Å². The molecule has 0 aliphatic carbocycles. The van der Waals surface area contributed by atoms with Gasteiger partial charge in [0.1, 0.15) is 29.7 Å². The number of aryl methyl sites for hydroxylation is 1. The lowest BCUT2D eigenvalue weighted by atomic mass is 9.88. The second-order valence-electron chi connectivity index (χ2n) is 34.7. The van der Waals surface area contributed by atoms with Crippen LogP contribution in [0.2, 0.25) is 0 Å². The van der Waals surface area contributed by atoms with Crippen LogP contribution in [0, 0.1) is 64.1 Å². The molecule has 0 radical (unpaired) electrons. The monoisotopic (exact) mass is 1480 g/mol. The topological polar surface area (TPSA) is 242 Å². The Morgan fingerprint density at radius 2 is 0.922 bits per heavy atom. The highest BCUT2D eigenvalue weighted by molar-refractivity contribution is 7.86. The molecule has 5 unspecified atom stereocenters. The zero-order chi connectivity index (χ0) is 81.0. The Kier molecular flexibility index (Phi) is 64.6. The summed E-state index contributed by atoms with van der Waals surface area (Å²) in [5.74, 6) is 5.13. The Labute approximate surface area is 625 Å². The fourth-order valence-electron chi connectivity index (χ4n) is 9.71. The number of halogens is 2. The van der Waals surface area contributed by atoms with E-state index in [-0.39, 0.29) is 82.7 Å². The summed E-state index contributed by atoms with van der Waals surface area (Å²) in [5.41, 5.74) is 4.23. The number of aliphatic hydroxyl groups excluding tert-OH is 6. The lowest BCUT2D eigenvalue weighted by molar-refractivity contribution is -0.195. The Morgan fingerprint density at radius 1 is 0.520 bits per heavy atom. The molecule has 1 aliphatic heterocycles. The third-order valence-electron chi connectivity index (χ3n) is 13.6. The number of alkyl halides is 2. The van der Waals surface area contributed by atoms with Crippen LogP contribution >= 0.6 is 0 Å². The highest BCUT2D eigenvalue weighted by Gasteiger charge is 2.25. The molecule has 0 spiro atoms. The molecular formula is C84H160F2O15S. The van der Waals surface area contributed by atoms with Crippen molar-refractivity contribution in [3.8, 4) is 23.0 Å². The van der Waals surface area contributed by atoms with Gasteiger partial charge in [0.25, 0.3) is 10.1 Å². The van der Waals surface area contributed by atoms with Gasteiger partial charge in [0, 0.05) is 25.3 Å². The van der Waals surface area contributed by atoms with Crippen molar-refractivity contribution in [1.82, 2.24) is 0 Å². The first-order valence-electron chi connectivity index (χ1n) is 37.6. The van der Waals surface area contributed by atoms with Gasteiger partial charge in [-0.05, 0) is 223 Å². The quantitative estimate of drug-likeness (QED) is 0.0368. The minimum atomic E-state index is -3.77. The number of aromatic hydroxyl groups is 2. The molecule has 1 saturated heterocycles. The van der Waals surface area contributed by atoms with Crippen molar-refractivity contribution in [2.75, 3.05) is 47.4 Å². The van der Waals surface area contributed by atoms with Gasteiger partial charge in [0.05, 0.1) is 69.0 Å². The van der Waals surface area contributed by atoms with Crippen LogP contribution in [0.25, 0.3) is 0 Å². The van der Waals surface area contributed by atoms with E-state index < -0.39 is 22.9 Å². The molecule has 8 N–H and O–H groups in total. The third kappa shape index (κ3) is 83.6. The number of methoxy groups -OCH3 is 2. The van der Waals surface area contributed by atoms with E-state index >= 15 is 0 Å². The molecule has 18 heteroatoms. The smallest absolute Gasteiger partial charge is 0.297 e. The molecule has 0 amide bonds. The Morgan fingerprint density at radius 3 is 1.16 bits per heavy atom. The molecule has 606 valence electrons. The largest absolute Gasteiger partial charge is 0.508 e. The van der Waals surface area contributed by atoms with E-state index in [1.54, 1.807) is 50.6 Å². The highest BCUT2D eigenvalue weighted by Crippen LogP contribution is 2.30. The van der Waals surface area contributed by atoms with Crippen molar-refractivity contribution in [1.29, 1.82) is 0 Å². The molecule has 0 aromatic heterocycles. The molecule has 1 heterocycles. The van der Waals surface area contributed by atoms with Crippen LogP contribution < -0.4 is 9.47 Å². The van der Waals surface area contributed by atoms with Crippen LogP contribution in [0.1, 0.15) is 281 Å². The van der Waals surface area contributed by atoms with Gasteiger partial charge < -0.3 is 59.8 Å². The van der Waals surface area contributed by atoms with Crippen LogP contribution in [-0.2, 0) is 36.6 Å². The first-order valence-corrected chi connectivity index (χ1v) is 39.0. The van der Waals surface area contributed by atoms with Crippen LogP contribution in [0.15, 0.2) is 65.6 Å². The number of hydrogen-bond donors (Lipinski definition) is 8. The van der Waals surface area contributed by atoms with Gasteiger partial charge in [-0.2, -0.15) is 8.42 Å². The summed E-state index contributed by atoms with van der Waals surface area (Å²) >= 11 is 0. The number of benzene rings is 3. The molecule has 7 atom stereocenters. The van der Waals surface area contributed by atoms with Gasteiger partial charge in [-0.3, -0.25) is 8.57 Å². The first-order chi connectivity index (χ1) is 46.5. The van der Waals surface area contributed by atoms with Crippen LogP contribution in [0.5, 0.6) is 23.0 Å². The molecule has 15 nitrogen and oxygen atoms in total. The molecule has 4 rings (SSSR count). The van der Waals surface area contributed by atoms with Crippen molar-refractivity contribution in [2.24, 2.45) is 57.2 Å². The molecule has 0 bridgehead atoms. The summed E-state index contributed by atoms with van der Waals surface area (Å²) in [4.78, 5) is 0.172. The van der Waals surface area contributed by atoms with Gasteiger partial charge in [-0.1, -0.05) is 184 Å². The minimum Gasteiger partial charge on any atom is -0.508 e. The molecule has 3 aromatic carbocycles. The summed E-state index contributed by atoms with van der Waals surface area (Å²) in [5, 5.41) is 70.6. The van der Waals surface area contributed by atoms with Crippen molar-refractivity contribution >= 4 is 10.1 Å². The lowest BCUT2D eigenvalue weighted by Crippen LogP contribution is -2.32. The maximum Gasteiger partial charge on any atom is 0.297 e. The minimum absolute atomic E-state index is 0.00818. The average Bonchev–Trinajstić information content (AvgIpc) is 0.805. The normalized spacial score (nSPS) is 14.8. The fraction of sp³-hybridized carbons (Fsp3) is 0.786. The zero-order valence-electron chi connectivity index (χ0n) is 70.6. The first kappa shape index (κ1) is 109. The summed E-state index contributed by atoms with van der Waals surface area (Å²) in [6, 6.07) is 17.4. The number of rotatable bonds is 25. The Bertz CT molecular complexity index is 2390. The van der Waals surface area contributed by atoms with Crippen molar-refractivity contribution in [3.63, 3.8) is 0 Å². The summed E-state index contributed by atoms with van der Waals surface area (Å²) in [6.07, 6.45) is 9.52. The number of phenolic OH excluding ortho intramolecular Hbond substituents is 2. The van der Waals surface area contributed by atoms with E-state index in [1.165, 1.54) is 11.6 Å². The van der Waals surface area contributed by atoms with Gasteiger partial charge in [-0.15, -0.1) is 0 Å². The van der Waals surface area contributed by atoms with E-state index in [4.69, 9.17) is 53.8 Å². The SMILES string of the molecule is CC(C)(C)CCO.CC(C)(C)Cc1cc(O)cc(O)c1.CC(C)CC(C)O.CC(C)CC(O)CF.CC(C)CCF.CC(C)C[C@@H](C)O.CC(C)C[C@H](C)O.CC(O)CC(C)(C)C.COc1cc(CC(C)(C)C)cc(OC)c1.Cc1ccc(S(=O)(=O)OCC(CC(C)C)OC2CCCCO2)cc1. The zero-order valence-corrected chi connectivity index (χ0v) is 71.4. The van der Waals surface area contributed by atoms with Crippen molar-refractivity contribution in [3.05, 3.63) is 77.4 Å². The lowest BCUT2D eigenvalue weighted by Gasteiger charge is -2.28. The standard InChI is InChI=1S/C18H28O5S.C13H20O2.C11H16O2.C7H16O.C6H13FO.4C6H14O.C5H11F/c1-14(2)12-16(23-18-6-4-5-11-21-18)13-22-24(19,20)17-9-7-15(3)8-10-17;1-13(2,3)9-10-6-11(14-4)8-12(7-10)15-5;1-11(2,3)7-8-4-9(12)6-10(13)5-8;1-6(8)5-7(2,3)4;1-5(2)3-6(8)4-7;1-6(2,3)4-5-7;3*1-5(2)4-6(3)7;1-5(2)3-4-6/h7-10,14,16,18H,4-6,11-13H2,1-3H3;6-8H,9H2,1-5H3;4-6,12-13H,7H2,1-3H3;6,8H,5H2,1-4H3;5-6,8H,3-4H2,1-2H3;7H,4-5H2,1-3H3;3*5-7H,4H2,1-3H3;5H,3-4H2,1-2H3/t;;;;;;2*6-;;/m......10../s1. The molecule has 0 saturated carbocycles. The number of aliphatic hydroxyl groups is 6. The van der Waals surface area contributed by atoms with E-state index in [0.717, 1.165) is 93.3 Å². The number of hydrogen-bond acceptors (Lipinski definition) is 15. The van der Waals surface area contributed by atoms with Crippen LogP contribution in [0.3, 0.4) is 0 Å². The maximum atomic E-state index is 12.3. The molecular weight excluding hydrogens is 1320 g/mol. The van der Waals surface area contributed by atoms with Gasteiger partial charge >= 0.3 is 0 Å². The van der Waals surface area contributed by atoms with E-state index in [0.29, 0.717) is 67.0 Å². The maximum absolute atomic E-state index is 12.3. The van der Waals surface area contributed by atoms with E-state index in [2.05, 4.69) is 151 Å². The predicted molar refractivity (Wildman–Crippen MR) is 425 cm³/mol. The predicted octanol–water partition coefficient (Wildman–Crippen LogP) is 20.5. The van der Waals surface area contributed by atoms with Crippen molar-refractivity contribution in [2.45, 2.75) is 332 Å². The molecule has 1 aliphatic rings. The molecule has 102 heavy (non-hydrogen) atoms. The summed E-state index contributed by atoms with van der Waals surface area (Å²) in [6.45, 7) is 59.9. The number of ether oxygens (including phenoxy) is 4. The summed E-state index contributed by atoms with van der Waals surface area (Å²) < 4.78 is 74.6. The van der Waals surface area contributed by atoms with Crippen LogP contribution in [-0.4, -0.2) is 140 Å². The van der Waals surface area contributed by atoms with E-state index in [9.17, 15) is 27.4 Å².